The molecule has 2 aromatic carbocycles. The molecule has 2 aliphatic rings. The number of nitrogens with zero attached hydrogens (tertiary/aromatic N) is 2. The van der Waals surface area contributed by atoms with Gasteiger partial charge in [-0.1, -0.05) is 12.1 Å². The molecule has 0 saturated carbocycles. The molecule has 0 spiro atoms. The molecule has 2 aromatic rings. The Bertz CT molecular complexity index is 1050. The van der Waals surface area contributed by atoms with Crippen LogP contribution in [-0.2, 0) is 9.59 Å². The van der Waals surface area contributed by atoms with Gasteiger partial charge in [-0.15, -0.1) is 0 Å². The zero-order valence-electron chi connectivity index (χ0n) is 17.2. The number of likely N-dealkylation sites (tertiary alicyclic amines) is 1. The Kier molecular flexibility index (Phi) is 5.71. The van der Waals surface area contributed by atoms with E-state index in [-0.39, 0.29) is 24.6 Å². The van der Waals surface area contributed by atoms with Gasteiger partial charge in [-0.25, -0.2) is 8.78 Å². The molecule has 6 nitrogen and oxygen atoms in total. The fraction of sp³-hybridized carbons (Fsp3) is 0.348. The Morgan fingerprint density at radius 1 is 1.10 bits per heavy atom. The Balaban J connectivity index is 1.52. The topological polar surface area (TPSA) is 69.7 Å². The minimum Gasteiger partial charge on any atom is -0.339 e. The molecule has 1 unspecified atom stereocenters. The number of amides is 3. The van der Waals surface area contributed by atoms with E-state index >= 15 is 0 Å². The number of hydrogen-bond acceptors (Lipinski definition) is 3. The van der Waals surface area contributed by atoms with Crippen LogP contribution in [0.15, 0.2) is 36.4 Å². The summed E-state index contributed by atoms with van der Waals surface area (Å²) in [7, 11) is 0. The third-order valence-electron chi connectivity index (χ3n) is 5.84. The number of anilines is 2. The minimum absolute atomic E-state index is 0.0193. The van der Waals surface area contributed by atoms with Gasteiger partial charge < -0.3 is 15.1 Å². The van der Waals surface area contributed by atoms with E-state index in [2.05, 4.69) is 5.32 Å². The molecule has 2 saturated heterocycles. The summed E-state index contributed by atoms with van der Waals surface area (Å²) >= 11 is 0. The van der Waals surface area contributed by atoms with E-state index in [0.717, 1.165) is 29.4 Å². The van der Waals surface area contributed by atoms with Gasteiger partial charge in [0.15, 0.2) is 0 Å². The summed E-state index contributed by atoms with van der Waals surface area (Å²) in [5, 5.41) is 2.82. The van der Waals surface area contributed by atoms with E-state index in [1.165, 1.54) is 6.07 Å². The lowest BCUT2D eigenvalue weighted by atomic mass is 10.0. The number of halogens is 2. The number of carbonyl (C=O) groups excluding carboxylic acids is 3. The normalized spacial score (nSPS) is 18.5. The number of nitrogens with one attached hydrogen (secondary N) is 1. The number of para-hydroxylation sites is 1. The molecule has 3 amide bonds. The van der Waals surface area contributed by atoms with Crippen molar-refractivity contribution in [3.8, 4) is 0 Å². The zero-order valence-corrected chi connectivity index (χ0v) is 17.2. The highest BCUT2D eigenvalue weighted by molar-refractivity contribution is 6.07. The summed E-state index contributed by atoms with van der Waals surface area (Å²) < 4.78 is 27.3. The Labute approximate surface area is 178 Å². The molecule has 0 bridgehead atoms. The molecule has 2 heterocycles. The van der Waals surface area contributed by atoms with E-state index in [1.54, 1.807) is 30.0 Å². The standard InChI is InChI=1S/C23H23F2N3O3/c1-14-5-4-6-17(23(31)27-9-2-3-10-27)21(14)26-22(30)15-11-20(29)28(13-15)19-8-7-16(24)12-18(19)25/h4-8,12,15H,2-3,9-11,13H2,1H3,(H,26,30). The monoisotopic (exact) mass is 427 g/mol. The number of hydrogen-bond donors (Lipinski definition) is 1. The number of aryl methyl sites for hydroxylation is 1. The first-order chi connectivity index (χ1) is 14.8. The SMILES string of the molecule is Cc1cccc(C(=O)N2CCCC2)c1NC(=O)C1CC(=O)N(c2ccc(F)cc2F)C1. The number of benzene rings is 2. The zero-order chi connectivity index (χ0) is 22.1. The molecule has 2 fully saturated rings. The fourth-order valence-corrected chi connectivity index (χ4v) is 4.14. The molecule has 0 aromatic heterocycles. The van der Waals surface area contributed by atoms with E-state index in [1.807, 2.05) is 0 Å². The maximum atomic E-state index is 14.1. The van der Waals surface area contributed by atoms with E-state index in [4.69, 9.17) is 0 Å². The van der Waals surface area contributed by atoms with Crippen molar-refractivity contribution in [3.05, 3.63) is 59.2 Å². The van der Waals surface area contributed by atoms with Crippen molar-refractivity contribution in [3.63, 3.8) is 0 Å². The van der Waals surface area contributed by atoms with E-state index in [9.17, 15) is 23.2 Å². The highest BCUT2D eigenvalue weighted by atomic mass is 19.1. The van der Waals surface area contributed by atoms with Crippen LogP contribution in [0.1, 0.15) is 35.2 Å². The summed E-state index contributed by atoms with van der Waals surface area (Å²) in [6.07, 6.45) is 1.82. The molecule has 0 aliphatic carbocycles. The molecule has 1 N–H and O–H groups in total. The van der Waals surface area contributed by atoms with Crippen molar-refractivity contribution in [1.82, 2.24) is 4.90 Å². The Hall–Kier alpha value is -3.29. The van der Waals surface area contributed by atoms with Crippen LogP contribution in [0, 0.1) is 24.5 Å². The Morgan fingerprint density at radius 3 is 2.55 bits per heavy atom. The molecule has 4 rings (SSSR count). The summed E-state index contributed by atoms with van der Waals surface area (Å²) in [6, 6.07) is 8.23. The first-order valence-electron chi connectivity index (χ1n) is 10.3. The second kappa shape index (κ2) is 8.45. The number of rotatable bonds is 4. The lowest BCUT2D eigenvalue weighted by Crippen LogP contribution is -2.31. The lowest BCUT2D eigenvalue weighted by Gasteiger charge is -2.20. The van der Waals surface area contributed by atoms with Crippen LogP contribution in [0.2, 0.25) is 0 Å². The van der Waals surface area contributed by atoms with Crippen LogP contribution in [0.4, 0.5) is 20.2 Å². The minimum atomic E-state index is -0.855. The third kappa shape index (κ3) is 4.15. The van der Waals surface area contributed by atoms with Crippen LogP contribution in [0.3, 0.4) is 0 Å². The van der Waals surface area contributed by atoms with E-state index in [0.29, 0.717) is 30.4 Å². The van der Waals surface area contributed by atoms with Crippen molar-refractivity contribution in [1.29, 1.82) is 0 Å². The highest BCUT2D eigenvalue weighted by Crippen LogP contribution is 2.30. The van der Waals surface area contributed by atoms with Crippen LogP contribution in [0.25, 0.3) is 0 Å². The largest absolute Gasteiger partial charge is 0.339 e. The van der Waals surface area contributed by atoms with Crippen LogP contribution >= 0.6 is 0 Å². The average molecular weight is 427 g/mol. The summed E-state index contributed by atoms with van der Waals surface area (Å²) in [4.78, 5) is 41.2. The summed E-state index contributed by atoms with van der Waals surface area (Å²) in [5.41, 5.74) is 1.54. The van der Waals surface area contributed by atoms with Crippen molar-refractivity contribution < 1.29 is 23.2 Å². The van der Waals surface area contributed by atoms with Gasteiger partial charge in [-0.05, 0) is 43.5 Å². The molecule has 162 valence electrons. The van der Waals surface area contributed by atoms with Crippen molar-refractivity contribution in [2.24, 2.45) is 5.92 Å². The van der Waals surface area contributed by atoms with Crippen molar-refractivity contribution in [2.45, 2.75) is 26.2 Å². The predicted octanol–water partition coefficient (Wildman–Crippen LogP) is 3.50. The smallest absolute Gasteiger partial charge is 0.255 e. The molecular formula is C23H23F2N3O3. The maximum absolute atomic E-state index is 14.1. The lowest BCUT2D eigenvalue weighted by molar-refractivity contribution is -0.122. The van der Waals surface area contributed by atoms with Gasteiger partial charge in [0.1, 0.15) is 11.6 Å². The van der Waals surface area contributed by atoms with Crippen LogP contribution < -0.4 is 10.2 Å². The molecule has 1 atom stereocenters. The third-order valence-corrected chi connectivity index (χ3v) is 5.84. The number of carbonyl (C=O) groups is 3. The maximum Gasteiger partial charge on any atom is 0.255 e. The van der Waals surface area contributed by atoms with Gasteiger partial charge >= 0.3 is 0 Å². The van der Waals surface area contributed by atoms with Gasteiger partial charge in [0.05, 0.1) is 22.9 Å². The van der Waals surface area contributed by atoms with Crippen LogP contribution in [-0.4, -0.2) is 42.3 Å². The average Bonchev–Trinajstić information content (AvgIpc) is 3.39. The first kappa shape index (κ1) is 21.0. The van der Waals surface area contributed by atoms with Crippen LogP contribution in [0.5, 0.6) is 0 Å². The predicted molar refractivity (Wildman–Crippen MR) is 112 cm³/mol. The quantitative estimate of drug-likeness (QED) is 0.812. The molecule has 2 aliphatic heterocycles. The summed E-state index contributed by atoms with van der Waals surface area (Å²) in [5.74, 6) is -3.27. The van der Waals surface area contributed by atoms with Gasteiger partial charge in [0.25, 0.3) is 5.91 Å². The van der Waals surface area contributed by atoms with Crippen molar-refractivity contribution in [2.75, 3.05) is 29.9 Å². The van der Waals surface area contributed by atoms with Gasteiger partial charge in [-0.3, -0.25) is 14.4 Å². The van der Waals surface area contributed by atoms with Crippen molar-refractivity contribution >= 4 is 29.1 Å². The molecule has 31 heavy (non-hydrogen) atoms. The highest BCUT2D eigenvalue weighted by Gasteiger charge is 2.37. The molecule has 8 heteroatoms. The molecule has 0 radical (unpaired) electrons. The Morgan fingerprint density at radius 2 is 1.84 bits per heavy atom. The van der Waals surface area contributed by atoms with E-state index < -0.39 is 29.4 Å². The van der Waals surface area contributed by atoms with Gasteiger partial charge in [0.2, 0.25) is 11.8 Å². The second-order valence-electron chi connectivity index (χ2n) is 7.99. The second-order valence-corrected chi connectivity index (χ2v) is 7.99. The van der Waals surface area contributed by atoms with Gasteiger partial charge in [0, 0.05) is 32.1 Å². The van der Waals surface area contributed by atoms with Gasteiger partial charge in [-0.2, -0.15) is 0 Å². The first-order valence-corrected chi connectivity index (χ1v) is 10.3. The molecular weight excluding hydrogens is 404 g/mol. The fourth-order valence-electron chi connectivity index (χ4n) is 4.14. The summed E-state index contributed by atoms with van der Waals surface area (Å²) in [6.45, 7) is 3.16.